The molecule has 0 aliphatic rings. The first-order valence-electron chi connectivity index (χ1n) is 6.12. The molecule has 0 aromatic rings. The summed E-state index contributed by atoms with van der Waals surface area (Å²) in [5, 5.41) is 3.36. The molecule has 0 saturated carbocycles. The van der Waals surface area contributed by atoms with Crippen LogP contribution in [0.5, 0.6) is 0 Å². The normalized spacial score (nSPS) is 13.4. The van der Waals surface area contributed by atoms with E-state index < -0.39 is 0 Å². The zero-order valence-electron chi connectivity index (χ0n) is 10.9. The first-order valence-corrected chi connectivity index (χ1v) is 6.12. The minimum atomic E-state index is 0.714. The van der Waals surface area contributed by atoms with Crippen molar-refractivity contribution in [1.29, 1.82) is 0 Å². The van der Waals surface area contributed by atoms with Gasteiger partial charge in [-0.05, 0) is 46.3 Å². The van der Waals surface area contributed by atoms with E-state index in [9.17, 15) is 0 Å². The smallest absolute Gasteiger partial charge is 0.0587 e. The van der Waals surface area contributed by atoms with Crippen LogP contribution in [-0.4, -0.2) is 51.3 Å². The zero-order chi connectivity index (χ0) is 11.5. The summed E-state index contributed by atoms with van der Waals surface area (Å²) in [6.07, 6.45) is 3.77. The van der Waals surface area contributed by atoms with Crippen LogP contribution >= 0.6 is 0 Å². The molecule has 0 fully saturated rings. The van der Waals surface area contributed by atoms with Crippen molar-refractivity contribution in [2.45, 2.75) is 39.2 Å². The summed E-state index contributed by atoms with van der Waals surface area (Å²) >= 11 is 0. The highest BCUT2D eigenvalue weighted by Gasteiger charge is 2.04. The minimum Gasteiger partial charge on any atom is -0.383 e. The van der Waals surface area contributed by atoms with E-state index in [1.54, 1.807) is 7.11 Å². The molecule has 0 amide bonds. The minimum absolute atomic E-state index is 0.714. The van der Waals surface area contributed by atoms with Crippen molar-refractivity contribution in [3.05, 3.63) is 0 Å². The van der Waals surface area contributed by atoms with Crippen LogP contribution in [0.3, 0.4) is 0 Å². The first kappa shape index (κ1) is 14.9. The Morgan fingerprint density at radius 3 is 2.60 bits per heavy atom. The number of methoxy groups -OCH3 is 1. The van der Waals surface area contributed by atoms with Crippen molar-refractivity contribution in [2.24, 2.45) is 0 Å². The second kappa shape index (κ2) is 10.4. The molecule has 0 heterocycles. The van der Waals surface area contributed by atoms with Crippen LogP contribution < -0.4 is 5.32 Å². The van der Waals surface area contributed by atoms with Crippen LogP contribution in [0.25, 0.3) is 0 Å². The fraction of sp³-hybridized carbons (Fsp3) is 1.00. The summed E-state index contributed by atoms with van der Waals surface area (Å²) in [6, 6.07) is 0.714. The molecule has 0 aliphatic heterocycles. The van der Waals surface area contributed by atoms with Gasteiger partial charge in [-0.1, -0.05) is 6.92 Å². The highest BCUT2D eigenvalue weighted by molar-refractivity contribution is 4.61. The Kier molecular flexibility index (Phi) is 10.3. The summed E-state index contributed by atoms with van der Waals surface area (Å²) in [5.41, 5.74) is 0. The summed E-state index contributed by atoms with van der Waals surface area (Å²) in [4.78, 5) is 2.44. The van der Waals surface area contributed by atoms with Crippen LogP contribution in [0.15, 0.2) is 0 Å². The zero-order valence-corrected chi connectivity index (χ0v) is 10.9. The average Bonchev–Trinajstić information content (AvgIpc) is 2.26. The van der Waals surface area contributed by atoms with Crippen molar-refractivity contribution in [2.75, 3.05) is 40.4 Å². The van der Waals surface area contributed by atoms with Gasteiger partial charge in [0, 0.05) is 19.7 Å². The van der Waals surface area contributed by atoms with E-state index in [1.165, 1.54) is 25.8 Å². The molecule has 0 rings (SSSR count). The first-order chi connectivity index (χ1) is 7.22. The fourth-order valence-electron chi connectivity index (χ4n) is 1.44. The average molecular weight is 216 g/mol. The van der Waals surface area contributed by atoms with E-state index in [0.717, 1.165) is 19.7 Å². The maximum atomic E-state index is 4.96. The fourth-order valence-corrected chi connectivity index (χ4v) is 1.44. The van der Waals surface area contributed by atoms with Crippen molar-refractivity contribution < 1.29 is 4.74 Å². The Hall–Kier alpha value is -0.120. The van der Waals surface area contributed by atoms with E-state index in [0.29, 0.717) is 6.04 Å². The number of ether oxygens (including phenoxy) is 1. The summed E-state index contributed by atoms with van der Waals surface area (Å²) < 4.78 is 4.96. The monoisotopic (exact) mass is 216 g/mol. The van der Waals surface area contributed by atoms with Crippen molar-refractivity contribution in [3.8, 4) is 0 Å². The highest BCUT2D eigenvalue weighted by atomic mass is 16.5. The van der Waals surface area contributed by atoms with Crippen LogP contribution in [0, 0.1) is 0 Å². The van der Waals surface area contributed by atoms with Crippen molar-refractivity contribution in [3.63, 3.8) is 0 Å². The third-order valence-corrected chi connectivity index (χ3v) is 2.94. The van der Waals surface area contributed by atoms with Crippen molar-refractivity contribution >= 4 is 0 Å². The van der Waals surface area contributed by atoms with E-state index >= 15 is 0 Å². The number of nitrogens with zero attached hydrogens (tertiary/aromatic N) is 1. The van der Waals surface area contributed by atoms with E-state index in [4.69, 9.17) is 4.74 Å². The Bertz CT molecular complexity index is 131. The van der Waals surface area contributed by atoms with Crippen LogP contribution in [0.4, 0.5) is 0 Å². The third-order valence-electron chi connectivity index (χ3n) is 2.94. The molecular formula is C12H28N2O. The molecule has 1 N–H and O–H groups in total. The molecule has 3 heteroatoms. The molecule has 0 radical (unpaired) electrons. The molecule has 0 aromatic heterocycles. The standard InChI is InChI=1S/C12H28N2O/c1-5-12(2)14(3)10-7-6-8-13-9-11-15-4/h12-13H,5-11H2,1-4H3. The highest BCUT2D eigenvalue weighted by Crippen LogP contribution is 2.01. The Labute approximate surface area is 95.2 Å². The number of hydrogen-bond donors (Lipinski definition) is 1. The second-order valence-corrected chi connectivity index (χ2v) is 4.19. The molecule has 0 spiro atoms. The van der Waals surface area contributed by atoms with Crippen molar-refractivity contribution in [1.82, 2.24) is 10.2 Å². The van der Waals surface area contributed by atoms with Gasteiger partial charge in [0.2, 0.25) is 0 Å². The number of nitrogens with one attached hydrogen (secondary N) is 1. The summed E-state index contributed by atoms with van der Waals surface area (Å²) in [5.74, 6) is 0. The van der Waals surface area contributed by atoms with Crippen LogP contribution in [-0.2, 0) is 4.74 Å². The Balaban J connectivity index is 3.16. The molecule has 92 valence electrons. The maximum Gasteiger partial charge on any atom is 0.0587 e. The van der Waals surface area contributed by atoms with Gasteiger partial charge in [-0.3, -0.25) is 0 Å². The van der Waals surface area contributed by atoms with Crippen LogP contribution in [0.2, 0.25) is 0 Å². The van der Waals surface area contributed by atoms with Gasteiger partial charge in [0.1, 0.15) is 0 Å². The lowest BCUT2D eigenvalue weighted by molar-refractivity contribution is 0.199. The molecule has 15 heavy (non-hydrogen) atoms. The molecule has 1 unspecified atom stereocenters. The number of unbranched alkanes of at least 4 members (excludes halogenated alkanes) is 1. The lowest BCUT2D eigenvalue weighted by Crippen LogP contribution is -2.30. The Morgan fingerprint density at radius 1 is 1.27 bits per heavy atom. The topological polar surface area (TPSA) is 24.5 Å². The molecule has 3 nitrogen and oxygen atoms in total. The third kappa shape index (κ3) is 8.85. The molecule has 0 bridgehead atoms. The van der Waals surface area contributed by atoms with Crippen LogP contribution in [0.1, 0.15) is 33.1 Å². The van der Waals surface area contributed by atoms with E-state index in [-0.39, 0.29) is 0 Å². The molecule has 0 saturated heterocycles. The summed E-state index contributed by atoms with van der Waals surface area (Å²) in [7, 11) is 3.95. The van der Waals surface area contributed by atoms with Gasteiger partial charge >= 0.3 is 0 Å². The SMILES string of the molecule is CCC(C)N(C)CCCCNCCOC. The van der Waals surface area contributed by atoms with Gasteiger partial charge in [-0.2, -0.15) is 0 Å². The Morgan fingerprint density at radius 2 is 2.00 bits per heavy atom. The summed E-state index contributed by atoms with van der Waals surface area (Å²) in [6.45, 7) is 8.63. The van der Waals surface area contributed by atoms with Gasteiger partial charge < -0.3 is 15.0 Å². The van der Waals surface area contributed by atoms with Gasteiger partial charge in [0.05, 0.1) is 6.61 Å². The molecular weight excluding hydrogens is 188 g/mol. The van der Waals surface area contributed by atoms with E-state index in [2.05, 4.69) is 31.1 Å². The van der Waals surface area contributed by atoms with Gasteiger partial charge in [-0.25, -0.2) is 0 Å². The predicted molar refractivity (Wildman–Crippen MR) is 66.4 cm³/mol. The quantitative estimate of drug-likeness (QED) is 0.563. The molecule has 1 atom stereocenters. The lowest BCUT2D eigenvalue weighted by atomic mass is 10.2. The number of rotatable bonds is 10. The van der Waals surface area contributed by atoms with E-state index in [1.807, 2.05) is 0 Å². The van der Waals surface area contributed by atoms with Gasteiger partial charge in [0.25, 0.3) is 0 Å². The number of hydrogen-bond acceptors (Lipinski definition) is 3. The maximum absolute atomic E-state index is 4.96. The predicted octanol–water partition coefficient (Wildman–Crippen LogP) is 1.73. The lowest BCUT2D eigenvalue weighted by Gasteiger charge is -2.23. The second-order valence-electron chi connectivity index (χ2n) is 4.19. The molecule has 0 aromatic carbocycles. The molecule has 0 aliphatic carbocycles. The van der Waals surface area contributed by atoms with Gasteiger partial charge in [0.15, 0.2) is 0 Å². The largest absolute Gasteiger partial charge is 0.383 e. The van der Waals surface area contributed by atoms with Gasteiger partial charge in [-0.15, -0.1) is 0 Å².